The van der Waals surface area contributed by atoms with Crippen molar-refractivity contribution in [3.8, 4) is 0 Å². The fraction of sp³-hybridized carbons (Fsp3) is 0.182. The van der Waals surface area contributed by atoms with Gasteiger partial charge in [-0.15, -0.1) is 5.10 Å². The number of alkyl halides is 3. The molecule has 0 bridgehead atoms. The monoisotopic (exact) mass is 308 g/mol. The molecule has 0 heterocycles. The van der Waals surface area contributed by atoms with Crippen LogP contribution in [0.1, 0.15) is 18.1 Å². The van der Waals surface area contributed by atoms with E-state index in [0.29, 0.717) is 6.21 Å². The Hall–Kier alpha value is -2.65. The molecule has 0 spiro atoms. The molecule has 10 heteroatoms. The summed E-state index contributed by atoms with van der Waals surface area (Å²) < 4.78 is 50.7. The molecule has 1 aromatic carbocycles. The number of hydrogen-bond donors (Lipinski definition) is 3. The van der Waals surface area contributed by atoms with Crippen LogP contribution in [-0.2, 0) is 11.0 Å². The van der Waals surface area contributed by atoms with Crippen LogP contribution < -0.4 is 11.5 Å². The van der Waals surface area contributed by atoms with E-state index in [1.807, 2.05) is 0 Å². The molecule has 116 valence electrons. The summed E-state index contributed by atoms with van der Waals surface area (Å²) >= 11 is 0. The number of rotatable bonds is 2. The lowest BCUT2D eigenvalue weighted by molar-refractivity contribution is -0.138. The predicted molar refractivity (Wildman–Crippen MR) is 68.1 cm³/mol. The highest BCUT2D eigenvalue weighted by molar-refractivity contribution is 5.83. The normalized spacial score (nSPS) is 10.7. The second-order valence-corrected chi connectivity index (χ2v) is 3.49. The van der Waals surface area contributed by atoms with E-state index in [1.54, 1.807) is 0 Å². The van der Waals surface area contributed by atoms with Crippen LogP contribution in [0.3, 0.4) is 0 Å². The molecule has 21 heavy (non-hydrogen) atoms. The summed E-state index contributed by atoms with van der Waals surface area (Å²) in [6.45, 7) is 1.08. The van der Waals surface area contributed by atoms with Gasteiger partial charge in [-0.1, -0.05) is 6.07 Å². The Kier molecular flexibility index (Phi) is 6.84. The number of halogens is 4. The Morgan fingerprint density at radius 1 is 1.33 bits per heavy atom. The van der Waals surface area contributed by atoms with Crippen molar-refractivity contribution in [2.24, 2.45) is 21.7 Å². The van der Waals surface area contributed by atoms with Crippen molar-refractivity contribution in [2.45, 2.75) is 13.1 Å². The molecule has 0 saturated heterocycles. The van der Waals surface area contributed by atoms with E-state index in [2.05, 4.69) is 10.2 Å². The summed E-state index contributed by atoms with van der Waals surface area (Å²) in [5.41, 5.74) is 7.97. The van der Waals surface area contributed by atoms with Crippen molar-refractivity contribution < 1.29 is 27.5 Å². The van der Waals surface area contributed by atoms with Gasteiger partial charge in [-0.05, 0) is 12.1 Å². The van der Waals surface area contributed by atoms with Gasteiger partial charge < -0.3 is 16.6 Å². The van der Waals surface area contributed by atoms with Gasteiger partial charge in [0.1, 0.15) is 5.82 Å². The van der Waals surface area contributed by atoms with Gasteiger partial charge in [0.05, 0.1) is 11.8 Å². The first-order valence-corrected chi connectivity index (χ1v) is 5.23. The van der Waals surface area contributed by atoms with Gasteiger partial charge >= 0.3 is 6.18 Å². The standard InChI is InChI=1S/C9H8F4N4.C2H4O2/c10-7-3-1-2-6(9(11,12)13)5(7)4-16-17-8(14)15;1-2(3)4/h1-4H,(H4,14,15,17);1H3,(H,3,4). The van der Waals surface area contributed by atoms with Gasteiger partial charge in [0.25, 0.3) is 5.97 Å². The van der Waals surface area contributed by atoms with Gasteiger partial charge in [0.2, 0.25) is 5.96 Å². The third-order valence-electron chi connectivity index (χ3n) is 1.72. The minimum atomic E-state index is -4.68. The Bertz CT molecular complexity index is 548. The van der Waals surface area contributed by atoms with Crippen molar-refractivity contribution in [1.82, 2.24) is 0 Å². The topological polar surface area (TPSA) is 114 Å². The molecule has 0 amide bonds. The van der Waals surface area contributed by atoms with Crippen molar-refractivity contribution in [1.29, 1.82) is 0 Å². The average Bonchev–Trinajstić information content (AvgIpc) is 2.28. The molecule has 0 radical (unpaired) electrons. The van der Waals surface area contributed by atoms with Crippen LogP contribution in [0.5, 0.6) is 0 Å². The molecule has 0 fully saturated rings. The van der Waals surface area contributed by atoms with E-state index in [4.69, 9.17) is 21.4 Å². The Labute approximate surface area is 116 Å². The van der Waals surface area contributed by atoms with Gasteiger partial charge in [-0.3, -0.25) is 4.79 Å². The number of nitrogens with zero attached hydrogens (tertiary/aromatic N) is 2. The lowest BCUT2D eigenvalue weighted by Crippen LogP contribution is -2.21. The zero-order valence-electron chi connectivity index (χ0n) is 10.7. The molecule has 0 saturated carbocycles. The van der Waals surface area contributed by atoms with Crippen LogP contribution in [0.2, 0.25) is 0 Å². The number of hydrogen-bond acceptors (Lipinski definition) is 3. The zero-order valence-corrected chi connectivity index (χ0v) is 10.7. The van der Waals surface area contributed by atoms with E-state index < -0.39 is 35.0 Å². The quantitative estimate of drug-likeness (QED) is 0.333. The van der Waals surface area contributed by atoms with Crippen molar-refractivity contribution in [3.63, 3.8) is 0 Å². The van der Waals surface area contributed by atoms with Crippen molar-refractivity contribution >= 4 is 18.1 Å². The maximum absolute atomic E-state index is 13.2. The largest absolute Gasteiger partial charge is 0.481 e. The summed E-state index contributed by atoms with van der Waals surface area (Å²) in [7, 11) is 0. The third-order valence-corrected chi connectivity index (χ3v) is 1.72. The third kappa shape index (κ3) is 7.50. The first kappa shape index (κ1) is 18.4. The summed E-state index contributed by atoms with van der Waals surface area (Å²) in [5.74, 6) is -2.33. The van der Waals surface area contributed by atoms with Gasteiger partial charge in [0, 0.05) is 12.5 Å². The van der Waals surface area contributed by atoms with E-state index in [0.717, 1.165) is 25.1 Å². The van der Waals surface area contributed by atoms with Crippen LogP contribution >= 0.6 is 0 Å². The first-order valence-electron chi connectivity index (χ1n) is 5.23. The molecular weight excluding hydrogens is 296 g/mol. The number of carboxylic acid groups (broad SMARTS) is 1. The van der Waals surface area contributed by atoms with Gasteiger partial charge in [-0.2, -0.15) is 18.3 Å². The highest BCUT2D eigenvalue weighted by atomic mass is 19.4. The van der Waals surface area contributed by atoms with Crippen LogP contribution in [0, 0.1) is 5.82 Å². The van der Waals surface area contributed by atoms with E-state index in [1.165, 1.54) is 0 Å². The average molecular weight is 308 g/mol. The van der Waals surface area contributed by atoms with Crippen molar-refractivity contribution in [2.75, 3.05) is 0 Å². The Balaban J connectivity index is 0.000000885. The van der Waals surface area contributed by atoms with E-state index >= 15 is 0 Å². The maximum Gasteiger partial charge on any atom is 0.417 e. The summed E-state index contributed by atoms with van der Waals surface area (Å²) in [6, 6.07) is 2.57. The smallest absolute Gasteiger partial charge is 0.417 e. The predicted octanol–water partition coefficient (Wildman–Crippen LogP) is 1.54. The minimum absolute atomic E-state index is 0.439. The van der Waals surface area contributed by atoms with Crippen molar-refractivity contribution in [3.05, 3.63) is 35.1 Å². The molecule has 1 aromatic rings. The highest BCUT2D eigenvalue weighted by Crippen LogP contribution is 2.32. The molecule has 5 N–H and O–H groups in total. The Morgan fingerprint density at radius 2 is 1.86 bits per heavy atom. The minimum Gasteiger partial charge on any atom is -0.481 e. The van der Waals surface area contributed by atoms with Crippen LogP contribution in [0.15, 0.2) is 28.4 Å². The summed E-state index contributed by atoms with van der Waals surface area (Å²) in [4.78, 5) is 9.00. The fourth-order valence-corrected chi connectivity index (χ4v) is 1.07. The van der Waals surface area contributed by atoms with Crippen LogP contribution in [0.25, 0.3) is 0 Å². The molecule has 1 rings (SSSR count). The zero-order chi connectivity index (χ0) is 16.6. The lowest BCUT2D eigenvalue weighted by Gasteiger charge is -2.09. The molecule has 6 nitrogen and oxygen atoms in total. The first-order chi connectivity index (χ1) is 9.55. The molecular formula is C11H12F4N4O2. The lowest BCUT2D eigenvalue weighted by atomic mass is 10.1. The van der Waals surface area contributed by atoms with Crippen LogP contribution in [-0.4, -0.2) is 23.2 Å². The number of nitrogens with two attached hydrogens (primary N) is 2. The molecule has 0 aliphatic rings. The number of carbonyl (C=O) groups is 1. The van der Waals surface area contributed by atoms with E-state index in [-0.39, 0.29) is 0 Å². The number of benzene rings is 1. The molecule has 0 aliphatic heterocycles. The van der Waals surface area contributed by atoms with E-state index in [9.17, 15) is 17.6 Å². The van der Waals surface area contributed by atoms with Gasteiger partial charge in [-0.25, -0.2) is 4.39 Å². The second-order valence-electron chi connectivity index (χ2n) is 3.49. The summed E-state index contributed by atoms with van der Waals surface area (Å²) in [6.07, 6.45) is -4.07. The summed E-state index contributed by atoms with van der Waals surface area (Å²) in [5, 5.41) is 13.7. The number of guanidine groups is 1. The number of carboxylic acids is 1. The fourth-order valence-electron chi connectivity index (χ4n) is 1.07. The molecule has 0 unspecified atom stereocenters. The molecule has 0 aliphatic carbocycles. The number of aliphatic carboxylic acids is 1. The highest BCUT2D eigenvalue weighted by Gasteiger charge is 2.33. The van der Waals surface area contributed by atoms with Crippen LogP contribution in [0.4, 0.5) is 17.6 Å². The van der Waals surface area contributed by atoms with Gasteiger partial charge in [0.15, 0.2) is 0 Å². The second kappa shape index (κ2) is 7.82. The molecule has 0 aromatic heterocycles. The maximum atomic E-state index is 13.2. The Morgan fingerprint density at radius 3 is 2.29 bits per heavy atom. The SMILES string of the molecule is CC(=O)O.NC(N)=NN=Cc1c(F)cccc1C(F)(F)F. The molecule has 0 atom stereocenters.